The molecule has 0 aliphatic heterocycles. The number of hydrogen-bond donors (Lipinski definition) is 5. The van der Waals surface area contributed by atoms with Crippen molar-refractivity contribution in [2.45, 2.75) is 58.2 Å². The second-order valence-electron chi connectivity index (χ2n) is 7.69. The van der Waals surface area contributed by atoms with Crippen LogP contribution in [0.5, 0.6) is 0 Å². The van der Waals surface area contributed by atoms with E-state index in [2.05, 4.69) is 16.0 Å². The average Bonchev–Trinajstić information content (AvgIpc) is 2.66. The van der Waals surface area contributed by atoms with Gasteiger partial charge in [-0.2, -0.15) is 0 Å². The van der Waals surface area contributed by atoms with Gasteiger partial charge < -0.3 is 26.8 Å². The van der Waals surface area contributed by atoms with Gasteiger partial charge in [0.1, 0.15) is 18.1 Å². The molecule has 4 amide bonds. The van der Waals surface area contributed by atoms with E-state index in [1.54, 1.807) is 30.3 Å². The standard InChI is InChI=1S/C21H30N4O6/c1-12(2)9-15(19(22)29)24-21(31)17(11-18(27)28)25-20(30)16(23-13(3)26)10-14-7-5-4-6-8-14/h4-8,12,15-17H,9-11H2,1-3H3,(H2,22,29)(H,23,26)(H,24,31)(H,25,30)(H,27,28)/t15-,16-,17-/m0/s1. The highest BCUT2D eigenvalue weighted by Crippen LogP contribution is 2.07. The monoisotopic (exact) mass is 434 g/mol. The van der Waals surface area contributed by atoms with E-state index in [1.807, 2.05) is 13.8 Å². The van der Waals surface area contributed by atoms with Crippen LogP contribution in [-0.2, 0) is 30.4 Å². The number of carbonyl (C=O) groups is 5. The molecule has 0 unspecified atom stereocenters. The third-order valence-electron chi connectivity index (χ3n) is 4.36. The predicted molar refractivity (Wildman–Crippen MR) is 113 cm³/mol. The molecule has 1 aromatic carbocycles. The molecule has 1 aromatic rings. The van der Waals surface area contributed by atoms with Gasteiger partial charge >= 0.3 is 5.97 Å². The largest absolute Gasteiger partial charge is 0.481 e. The summed E-state index contributed by atoms with van der Waals surface area (Å²) in [6.45, 7) is 4.91. The van der Waals surface area contributed by atoms with E-state index in [4.69, 9.17) is 10.8 Å². The lowest BCUT2D eigenvalue weighted by molar-refractivity contribution is -0.141. The molecule has 0 saturated carbocycles. The average molecular weight is 434 g/mol. The summed E-state index contributed by atoms with van der Waals surface area (Å²) in [5.41, 5.74) is 6.09. The molecule has 6 N–H and O–H groups in total. The van der Waals surface area contributed by atoms with Gasteiger partial charge in [0.15, 0.2) is 0 Å². The third kappa shape index (κ3) is 9.75. The Balaban J connectivity index is 2.98. The first-order valence-corrected chi connectivity index (χ1v) is 9.92. The molecule has 0 saturated heterocycles. The van der Waals surface area contributed by atoms with Crippen LogP contribution >= 0.6 is 0 Å². The van der Waals surface area contributed by atoms with Crippen molar-refractivity contribution in [1.82, 2.24) is 16.0 Å². The molecule has 3 atom stereocenters. The van der Waals surface area contributed by atoms with Crippen LogP contribution < -0.4 is 21.7 Å². The smallest absolute Gasteiger partial charge is 0.305 e. The Morgan fingerprint density at radius 2 is 1.45 bits per heavy atom. The number of benzene rings is 1. The summed E-state index contributed by atoms with van der Waals surface area (Å²) in [6.07, 6.45) is -0.300. The third-order valence-corrected chi connectivity index (χ3v) is 4.36. The molecule has 0 bridgehead atoms. The molecule has 10 nitrogen and oxygen atoms in total. The van der Waals surface area contributed by atoms with Crippen LogP contribution in [-0.4, -0.2) is 52.8 Å². The van der Waals surface area contributed by atoms with Crippen molar-refractivity contribution in [3.8, 4) is 0 Å². The molecule has 0 aliphatic carbocycles. The molecule has 1 rings (SSSR count). The summed E-state index contributed by atoms with van der Waals surface area (Å²) in [5, 5.41) is 16.4. The van der Waals surface area contributed by atoms with E-state index in [9.17, 15) is 24.0 Å². The number of nitrogens with two attached hydrogens (primary N) is 1. The fourth-order valence-corrected chi connectivity index (χ4v) is 2.95. The second kappa shape index (κ2) is 12.3. The molecule has 10 heteroatoms. The number of carboxylic acid groups (broad SMARTS) is 1. The Bertz CT molecular complexity index is 796. The van der Waals surface area contributed by atoms with E-state index in [0.717, 1.165) is 5.56 Å². The van der Waals surface area contributed by atoms with E-state index >= 15 is 0 Å². The van der Waals surface area contributed by atoms with Crippen LogP contribution in [0.4, 0.5) is 0 Å². The second-order valence-corrected chi connectivity index (χ2v) is 7.69. The van der Waals surface area contributed by atoms with Gasteiger partial charge in [-0.3, -0.25) is 24.0 Å². The first kappa shape index (κ1) is 25.6. The minimum Gasteiger partial charge on any atom is -0.481 e. The highest BCUT2D eigenvalue weighted by molar-refractivity contribution is 5.95. The van der Waals surface area contributed by atoms with E-state index in [-0.39, 0.29) is 18.8 Å². The zero-order valence-corrected chi connectivity index (χ0v) is 17.9. The van der Waals surface area contributed by atoms with Crippen molar-refractivity contribution >= 4 is 29.6 Å². The molecule has 0 fully saturated rings. The molecule has 170 valence electrons. The van der Waals surface area contributed by atoms with Gasteiger partial charge in [-0.05, 0) is 17.9 Å². The van der Waals surface area contributed by atoms with Gasteiger partial charge in [0.25, 0.3) is 0 Å². The van der Waals surface area contributed by atoms with Crippen LogP contribution in [0.3, 0.4) is 0 Å². The maximum Gasteiger partial charge on any atom is 0.305 e. The number of nitrogens with one attached hydrogen (secondary N) is 3. The fourth-order valence-electron chi connectivity index (χ4n) is 2.95. The zero-order valence-electron chi connectivity index (χ0n) is 17.9. The fraction of sp³-hybridized carbons (Fsp3) is 0.476. The van der Waals surface area contributed by atoms with Gasteiger partial charge in [-0.25, -0.2) is 0 Å². The van der Waals surface area contributed by atoms with Crippen LogP contribution in [0.25, 0.3) is 0 Å². The Morgan fingerprint density at radius 1 is 0.903 bits per heavy atom. The number of rotatable bonds is 12. The molecule has 0 heterocycles. The summed E-state index contributed by atoms with van der Waals surface area (Å²) in [4.78, 5) is 59.8. The van der Waals surface area contributed by atoms with Crippen LogP contribution in [0.15, 0.2) is 30.3 Å². The first-order valence-electron chi connectivity index (χ1n) is 9.92. The normalized spacial score (nSPS) is 13.5. The molecule has 0 aliphatic rings. The number of amides is 4. The number of carbonyl (C=O) groups excluding carboxylic acids is 4. The van der Waals surface area contributed by atoms with Gasteiger partial charge in [-0.15, -0.1) is 0 Å². The van der Waals surface area contributed by atoms with Gasteiger partial charge in [0.05, 0.1) is 6.42 Å². The number of primary amides is 1. The van der Waals surface area contributed by atoms with Crippen molar-refractivity contribution in [3.63, 3.8) is 0 Å². The molecule has 0 spiro atoms. The van der Waals surface area contributed by atoms with E-state index < -0.39 is 54.1 Å². The van der Waals surface area contributed by atoms with Crippen molar-refractivity contribution in [1.29, 1.82) is 0 Å². The van der Waals surface area contributed by atoms with Crippen LogP contribution in [0.2, 0.25) is 0 Å². The predicted octanol–water partition coefficient (Wildman–Crippen LogP) is -0.290. The summed E-state index contributed by atoms with van der Waals surface area (Å²) in [5.74, 6) is -4.07. The minimum absolute atomic E-state index is 0.0420. The van der Waals surface area contributed by atoms with Gasteiger partial charge in [-0.1, -0.05) is 44.2 Å². The quantitative estimate of drug-likeness (QED) is 0.303. The maximum atomic E-state index is 12.8. The summed E-state index contributed by atoms with van der Waals surface area (Å²) >= 11 is 0. The van der Waals surface area contributed by atoms with Crippen molar-refractivity contribution < 1.29 is 29.1 Å². The van der Waals surface area contributed by atoms with Gasteiger partial charge in [0, 0.05) is 13.3 Å². The van der Waals surface area contributed by atoms with E-state index in [0.29, 0.717) is 0 Å². The Morgan fingerprint density at radius 3 is 1.94 bits per heavy atom. The van der Waals surface area contributed by atoms with Gasteiger partial charge in [0.2, 0.25) is 23.6 Å². The van der Waals surface area contributed by atoms with Crippen LogP contribution in [0, 0.1) is 5.92 Å². The summed E-state index contributed by atoms with van der Waals surface area (Å²) < 4.78 is 0. The van der Waals surface area contributed by atoms with Crippen LogP contribution in [0.1, 0.15) is 39.2 Å². The van der Waals surface area contributed by atoms with Crippen molar-refractivity contribution in [2.24, 2.45) is 11.7 Å². The lowest BCUT2D eigenvalue weighted by Crippen LogP contribution is -2.57. The molecule has 31 heavy (non-hydrogen) atoms. The Hall–Kier alpha value is -3.43. The Labute approximate surface area is 180 Å². The lowest BCUT2D eigenvalue weighted by atomic mass is 10.0. The molecule has 0 aromatic heterocycles. The summed E-state index contributed by atoms with van der Waals surface area (Å²) in [7, 11) is 0. The Kier molecular flexibility index (Phi) is 10.2. The van der Waals surface area contributed by atoms with E-state index in [1.165, 1.54) is 6.92 Å². The number of hydrogen-bond acceptors (Lipinski definition) is 5. The highest BCUT2D eigenvalue weighted by Gasteiger charge is 2.30. The van der Waals surface area contributed by atoms with Crippen molar-refractivity contribution in [2.75, 3.05) is 0 Å². The highest BCUT2D eigenvalue weighted by atomic mass is 16.4. The van der Waals surface area contributed by atoms with Crippen molar-refractivity contribution in [3.05, 3.63) is 35.9 Å². The topological polar surface area (TPSA) is 168 Å². The molecular weight excluding hydrogens is 404 g/mol. The lowest BCUT2D eigenvalue weighted by Gasteiger charge is -2.24. The SMILES string of the molecule is CC(=O)N[C@@H](Cc1ccccc1)C(=O)N[C@@H](CC(=O)O)C(=O)N[C@@H](CC(C)C)C(N)=O. The zero-order chi connectivity index (χ0) is 23.6. The molecular formula is C21H30N4O6. The number of carboxylic acids is 1. The summed E-state index contributed by atoms with van der Waals surface area (Å²) in [6, 6.07) is 5.42. The molecule has 0 radical (unpaired) electrons. The minimum atomic E-state index is -1.45. The number of aliphatic carboxylic acids is 1. The first-order chi connectivity index (χ1) is 14.5. The maximum absolute atomic E-state index is 12.8.